The average Bonchev–Trinajstić information content (AvgIpc) is 3.17. The van der Waals surface area contributed by atoms with E-state index in [0.29, 0.717) is 13.1 Å². The number of hydrogen-bond donors (Lipinski definition) is 1. The van der Waals surface area contributed by atoms with Crippen LogP contribution in [0.15, 0.2) is 18.2 Å². The minimum atomic E-state index is -0.274. The van der Waals surface area contributed by atoms with Gasteiger partial charge in [-0.25, -0.2) is 0 Å². The molecule has 23 heavy (non-hydrogen) atoms. The molecule has 3 rings (SSSR count). The highest BCUT2D eigenvalue weighted by Crippen LogP contribution is 2.29. The van der Waals surface area contributed by atoms with Crippen LogP contribution in [0.2, 0.25) is 0 Å². The summed E-state index contributed by atoms with van der Waals surface area (Å²) in [6.45, 7) is 5.84. The van der Waals surface area contributed by atoms with Gasteiger partial charge in [-0.1, -0.05) is 12.1 Å². The van der Waals surface area contributed by atoms with E-state index in [9.17, 15) is 9.59 Å². The van der Waals surface area contributed by atoms with Gasteiger partial charge in [-0.2, -0.15) is 0 Å². The standard InChI is InChI=1S/C18H24N2O3/c1-12-5-3-7-16(13(12)2)20-11-14(9-17(20)21)18(22)19-10-15-6-4-8-23-15/h3,5,7,14-15H,4,6,8-11H2,1-2H3,(H,19,22)/t14-,15+/m0/s1. The number of carbonyl (C=O) groups excluding carboxylic acids is 2. The smallest absolute Gasteiger partial charge is 0.227 e. The van der Waals surface area contributed by atoms with E-state index in [2.05, 4.69) is 5.32 Å². The number of hydrogen-bond acceptors (Lipinski definition) is 3. The monoisotopic (exact) mass is 316 g/mol. The molecule has 0 spiro atoms. The molecule has 1 aromatic rings. The van der Waals surface area contributed by atoms with Crippen LogP contribution in [-0.4, -0.2) is 37.6 Å². The molecule has 2 heterocycles. The first-order valence-corrected chi connectivity index (χ1v) is 8.32. The Balaban J connectivity index is 1.62. The normalized spacial score (nSPS) is 24.3. The molecular weight excluding hydrogens is 292 g/mol. The molecule has 0 aromatic heterocycles. The van der Waals surface area contributed by atoms with Gasteiger partial charge >= 0.3 is 0 Å². The molecule has 2 saturated heterocycles. The fourth-order valence-electron chi connectivity index (χ4n) is 3.31. The van der Waals surface area contributed by atoms with E-state index in [1.807, 2.05) is 32.0 Å². The Bertz CT molecular complexity index is 608. The van der Waals surface area contributed by atoms with Crippen molar-refractivity contribution < 1.29 is 14.3 Å². The summed E-state index contributed by atoms with van der Waals surface area (Å²) in [6, 6.07) is 5.94. The lowest BCUT2D eigenvalue weighted by atomic mass is 10.1. The Labute approximate surface area is 137 Å². The van der Waals surface area contributed by atoms with Crippen LogP contribution in [0.5, 0.6) is 0 Å². The molecule has 0 bridgehead atoms. The van der Waals surface area contributed by atoms with Gasteiger partial charge in [0.2, 0.25) is 11.8 Å². The predicted octanol–water partition coefficient (Wildman–Crippen LogP) is 1.95. The van der Waals surface area contributed by atoms with Gasteiger partial charge < -0.3 is 15.0 Å². The molecule has 2 aliphatic rings. The van der Waals surface area contributed by atoms with Crippen LogP contribution in [0, 0.1) is 19.8 Å². The molecule has 124 valence electrons. The maximum atomic E-state index is 12.3. The largest absolute Gasteiger partial charge is 0.376 e. The molecule has 2 aliphatic heterocycles. The number of rotatable bonds is 4. The van der Waals surface area contributed by atoms with Crippen LogP contribution in [-0.2, 0) is 14.3 Å². The van der Waals surface area contributed by atoms with Crippen molar-refractivity contribution in [2.24, 2.45) is 5.92 Å². The summed E-state index contributed by atoms with van der Waals surface area (Å²) in [5, 5.41) is 2.94. The Hall–Kier alpha value is -1.88. The van der Waals surface area contributed by atoms with E-state index >= 15 is 0 Å². The molecule has 2 amide bonds. The lowest BCUT2D eigenvalue weighted by Gasteiger charge is -2.20. The van der Waals surface area contributed by atoms with Gasteiger partial charge in [-0.05, 0) is 43.9 Å². The Morgan fingerprint density at radius 2 is 2.22 bits per heavy atom. The number of aryl methyl sites for hydroxylation is 1. The highest BCUT2D eigenvalue weighted by molar-refractivity contribution is 6.00. The number of carbonyl (C=O) groups is 2. The van der Waals surface area contributed by atoms with Crippen molar-refractivity contribution >= 4 is 17.5 Å². The second-order valence-corrected chi connectivity index (χ2v) is 6.50. The summed E-state index contributed by atoms with van der Waals surface area (Å²) in [5.74, 6) is -0.290. The van der Waals surface area contributed by atoms with Gasteiger partial charge in [0.15, 0.2) is 0 Å². The number of nitrogens with one attached hydrogen (secondary N) is 1. The fraction of sp³-hybridized carbons (Fsp3) is 0.556. The predicted molar refractivity (Wildman–Crippen MR) is 88.4 cm³/mol. The Kier molecular flexibility index (Phi) is 4.66. The third-order valence-corrected chi connectivity index (χ3v) is 4.89. The van der Waals surface area contributed by atoms with Gasteiger partial charge in [0.1, 0.15) is 0 Å². The summed E-state index contributed by atoms with van der Waals surface area (Å²) in [7, 11) is 0. The van der Waals surface area contributed by atoms with Crippen LogP contribution in [0.4, 0.5) is 5.69 Å². The minimum absolute atomic E-state index is 0.0240. The van der Waals surface area contributed by atoms with Crippen molar-refractivity contribution in [3.05, 3.63) is 29.3 Å². The SMILES string of the molecule is Cc1cccc(N2C[C@@H](C(=O)NC[C@H]3CCCO3)CC2=O)c1C. The van der Waals surface area contributed by atoms with Crippen LogP contribution in [0.3, 0.4) is 0 Å². The minimum Gasteiger partial charge on any atom is -0.376 e. The first-order valence-electron chi connectivity index (χ1n) is 8.32. The molecule has 2 fully saturated rings. The topological polar surface area (TPSA) is 58.6 Å². The molecular formula is C18H24N2O3. The van der Waals surface area contributed by atoms with Gasteiger partial charge in [0.25, 0.3) is 0 Å². The van der Waals surface area contributed by atoms with E-state index in [1.54, 1.807) is 4.90 Å². The number of anilines is 1. The lowest BCUT2D eigenvalue weighted by molar-refractivity contribution is -0.126. The summed E-state index contributed by atoms with van der Waals surface area (Å²) < 4.78 is 5.51. The summed E-state index contributed by atoms with van der Waals surface area (Å²) in [4.78, 5) is 26.4. The van der Waals surface area contributed by atoms with E-state index in [-0.39, 0.29) is 30.3 Å². The summed E-state index contributed by atoms with van der Waals surface area (Å²) >= 11 is 0. The Morgan fingerprint density at radius 3 is 2.96 bits per heavy atom. The van der Waals surface area contributed by atoms with Gasteiger partial charge in [-0.3, -0.25) is 9.59 Å². The zero-order valence-corrected chi connectivity index (χ0v) is 13.8. The molecule has 1 aromatic carbocycles. The van der Waals surface area contributed by atoms with E-state index in [4.69, 9.17) is 4.74 Å². The molecule has 5 nitrogen and oxygen atoms in total. The first-order chi connectivity index (χ1) is 11.1. The van der Waals surface area contributed by atoms with Crippen LogP contribution >= 0.6 is 0 Å². The Morgan fingerprint density at radius 1 is 1.39 bits per heavy atom. The number of benzene rings is 1. The first kappa shape index (κ1) is 16.0. The van der Waals surface area contributed by atoms with Gasteiger partial charge in [0.05, 0.1) is 12.0 Å². The molecule has 0 radical (unpaired) electrons. The van der Waals surface area contributed by atoms with Crippen molar-refractivity contribution in [3.63, 3.8) is 0 Å². The summed E-state index contributed by atoms with van der Waals surface area (Å²) in [6.07, 6.45) is 2.47. The average molecular weight is 316 g/mol. The van der Waals surface area contributed by atoms with Crippen molar-refractivity contribution in [2.45, 2.75) is 39.2 Å². The van der Waals surface area contributed by atoms with Crippen molar-refractivity contribution in [2.75, 3.05) is 24.6 Å². The number of amides is 2. The third-order valence-electron chi connectivity index (χ3n) is 4.89. The number of ether oxygens (including phenoxy) is 1. The molecule has 1 N–H and O–H groups in total. The molecule has 5 heteroatoms. The second-order valence-electron chi connectivity index (χ2n) is 6.50. The fourth-order valence-corrected chi connectivity index (χ4v) is 3.31. The molecule has 0 unspecified atom stereocenters. The van der Waals surface area contributed by atoms with Crippen molar-refractivity contribution in [1.82, 2.24) is 5.32 Å². The van der Waals surface area contributed by atoms with E-state index in [0.717, 1.165) is 36.3 Å². The molecule has 0 aliphatic carbocycles. The lowest BCUT2D eigenvalue weighted by Crippen LogP contribution is -2.37. The van der Waals surface area contributed by atoms with Crippen LogP contribution in [0.25, 0.3) is 0 Å². The van der Waals surface area contributed by atoms with Gasteiger partial charge in [0, 0.05) is 31.8 Å². The summed E-state index contributed by atoms with van der Waals surface area (Å²) in [5.41, 5.74) is 3.17. The van der Waals surface area contributed by atoms with E-state index < -0.39 is 0 Å². The van der Waals surface area contributed by atoms with Crippen molar-refractivity contribution in [1.29, 1.82) is 0 Å². The quantitative estimate of drug-likeness (QED) is 0.924. The zero-order chi connectivity index (χ0) is 16.4. The second kappa shape index (κ2) is 6.71. The molecule has 0 saturated carbocycles. The van der Waals surface area contributed by atoms with Crippen molar-refractivity contribution in [3.8, 4) is 0 Å². The third kappa shape index (κ3) is 3.39. The maximum Gasteiger partial charge on any atom is 0.227 e. The number of nitrogens with zero attached hydrogens (tertiary/aromatic N) is 1. The van der Waals surface area contributed by atoms with Crippen LogP contribution < -0.4 is 10.2 Å². The maximum absolute atomic E-state index is 12.3. The van der Waals surface area contributed by atoms with E-state index in [1.165, 1.54) is 0 Å². The molecule has 2 atom stereocenters. The zero-order valence-electron chi connectivity index (χ0n) is 13.8. The highest BCUT2D eigenvalue weighted by Gasteiger charge is 2.36. The highest BCUT2D eigenvalue weighted by atomic mass is 16.5. The van der Waals surface area contributed by atoms with Crippen LogP contribution in [0.1, 0.15) is 30.4 Å². The van der Waals surface area contributed by atoms with Gasteiger partial charge in [-0.15, -0.1) is 0 Å².